The summed E-state index contributed by atoms with van der Waals surface area (Å²) in [6.07, 6.45) is 3.15. The molecule has 0 radical (unpaired) electrons. The first kappa shape index (κ1) is 13.4. The molecule has 16 heavy (non-hydrogen) atoms. The quantitative estimate of drug-likeness (QED) is 0.788. The topological polar surface area (TPSA) is 21.3 Å². The van der Waals surface area contributed by atoms with E-state index in [1.807, 2.05) is 11.8 Å². The van der Waals surface area contributed by atoms with Crippen LogP contribution in [0.15, 0.2) is 24.3 Å². The van der Waals surface area contributed by atoms with Crippen molar-refractivity contribution >= 4 is 17.4 Å². The van der Waals surface area contributed by atoms with Gasteiger partial charge in [0, 0.05) is 31.2 Å². The second-order valence-corrected chi connectivity index (χ2v) is 4.82. The lowest BCUT2D eigenvalue weighted by Gasteiger charge is -2.14. The van der Waals surface area contributed by atoms with Gasteiger partial charge in [0.05, 0.1) is 0 Å². The van der Waals surface area contributed by atoms with Gasteiger partial charge in [0.2, 0.25) is 0 Å². The number of hydrogen-bond donors (Lipinski definition) is 1. The second kappa shape index (κ2) is 7.58. The number of rotatable bonds is 7. The molecule has 0 fully saturated rings. The van der Waals surface area contributed by atoms with Crippen LogP contribution in [-0.2, 0) is 10.5 Å². The number of anilines is 1. The number of thioether (sulfide) groups is 1. The molecular formula is C13H21NOS. The number of ether oxygens (including phenoxy) is 1. The second-order valence-electron chi connectivity index (χ2n) is 3.96. The van der Waals surface area contributed by atoms with Crippen molar-refractivity contribution in [3.63, 3.8) is 0 Å². The molecular weight excluding hydrogens is 218 g/mol. The van der Waals surface area contributed by atoms with Crippen LogP contribution in [0.2, 0.25) is 0 Å². The van der Waals surface area contributed by atoms with Crippen LogP contribution < -0.4 is 5.32 Å². The first-order valence-electron chi connectivity index (χ1n) is 5.59. The Morgan fingerprint density at radius 3 is 2.56 bits per heavy atom. The van der Waals surface area contributed by atoms with Gasteiger partial charge < -0.3 is 10.1 Å². The minimum atomic E-state index is 0.450. The van der Waals surface area contributed by atoms with Crippen molar-refractivity contribution in [2.45, 2.75) is 25.1 Å². The van der Waals surface area contributed by atoms with Crippen LogP contribution in [0.4, 0.5) is 5.69 Å². The summed E-state index contributed by atoms with van der Waals surface area (Å²) >= 11 is 1.85. The molecule has 0 aliphatic rings. The summed E-state index contributed by atoms with van der Waals surface area (Å²) in [5, 5.41) is 3.46. The third-order valence-corrected chi connectivity index (χ3v) is 3.06. The molecule has 0 spiro atoms. The Hall–Kier alpha value is -0.670. The molecule has 0 aliphatic carbocycles. The lowest BCUT2D eigenvalue weighted by Crippen LogP contribution is -2.16. The molecule has 1 aromatic carbocycles. The molecule has 1 N–H and O–H groups in total. The van der Waals surface area contributed by atoms with Crippen molar-refractivity contribution in [2.75, 3.05) is 25.3 Å². The zero-order valence-electron chi connectivity index (χ0n) is 10.3. The Kier molecular flexibility index (Phi) is 6.34. The summed E-state index contributed by atoms with van der Waals surface area (Å²) in [6, 6.07) is 9.11. The smallest absolute Gasteiger partial charge is 0.0481 e. The lowest BCUT2D eigenvalue weighted by atomic mass is 10.2. The normalized spacial score (nSPS) is 12.4. The molecule has 1 rings (SSSR count). The molecule has 1 aromatic rings. The molecule has 90 valence electrons. The molecule has 1 atom stereocenters. The molecule has 0 saturated heterocycles. The summed E-state index contributed by atoms with van der Waals surface area (Å²) < 4.78 is 5.06. The number of nitrogens with one attached hydrogen (secondary N) is 1. The Morgan fingerprint density at radius 1 is 1.31 bits per heavy atom. The molecule has 0 bridgehead atoms. The average Bonchev–Trinajstić information content (AvgIpc) is 2.29. The highest BCUT2D eigenvalue weighted by atomic mass is 32.2. The van der Waals surface area contributed by atoms with E-state index in [1.54, 1.807) is 7.11 Å². The number of benzene rings is 1. The minimum absolute atomic E-state index is 0.450. The summed E-state index contributed by atoms with van der Waals surface area (Å²) in [6.45, 7) is 2.98. The van der Waals surface area contributed by atoms with Crippen LogP contribution in [0.1, 0.15) is 18.9 Å². The third kappa shape index (κ3) is 4.90. The SMILES string of the molecule is COCCC(C)Nc1ccc(CSC)cc1. The van der Waals surface area contributed by atoms with Crippen LogP contribution in [-0.4, -0.2) is 26.0 Å². The van der Waals surface area contributed by atoms with E-state index < -0.39 is 0 Å². The minimum Gasteiger partial charge on any atom is -0.385 e. The standard InChI is InChI=1S/C13H21NOS/c1-11(8-9-15-2)14-13-6-4-12(5-7-13)10-16-3/h4-7,11,14H,8-10H2,1-3H3. The maximum atomic E-state index is 5.06. The Bertz CT molecular complexity index is 286. The van der Waals surface area contributed by atoms with Crippen molar-refractivity contribution in [1.82, 2.24) is 0 Å². The fraction of sp³-hybridized carbons (Fsp3) is 0.538. The molecule has 0 aromatic heterocycles. The van der Waals surface area contributed by atoms with E-state index in [1.165, 1.54) is 11.3 Å². The van der Waals surface area contributed by atoms with Gasteiger partial charge in [-0.05, 0) is 37.3 Å². The van der Waals surface area contributed by atoms with E-state index in [0.717, 1.165) is 18.8 Å². The van der Waals surface area contributed by atoms with Gasteiger partial charge in [-0.3, -0.25) is 0 Å². The fourth-order valence-electron chi connectivity index (χ4n) is 1.52. The van der Waals surface area contributed by atoms with E-state index >= 15 is 0 Å². The monoisotopic (exact) mass is 239 g/mol. The molecule has 1 unspecified atom stereocenters. The van der Waals surface area contributed by atoms with Gasteiger partial charge in [-0.1, -0.05) is 12.1 Å². The predicted molar refractivity (Wildman–Crippen MR) is 73.2 cm³/mol. The van der Waals surface area contributed by atoms with Crippen LogP contribution in [0, 0.1) is 0 Å². The van der Waals surface area contributed by atoms with E-state index in [9.17, 15) is 0 Å². The maximum absolute atomic E-state index is 5.06. The first-order chi connectivity index (χ1) is 7.76. The Morgan fingerprint density at radius 2 is 2.00 bits per heavy atom. The highest BCUT2D eigenvalue weighted by molar-refractivity contribution is 7.97. The highest BCUT2D eigenvalue weighted by Gasteiger charge is 2.01. The molecule has 0 saturated carbocycles. The predicted octanol–water partition coefficient (Wildman–Crippen LogP) is 3.39. The van der Waals surface area contributed by atoms with Gasteiger partial charge in [0.25, 0.3) is 0 Å². The largest absolute Gasteiger partial charge is 0.385 e. The highest BCUT2D eigenvalue weighted by Crippen LogP contribution is 2.14. The van der Waals surface area contributed by atoms with E-state index in [-0.39, 0.29) is 0 Å². The van der Waals surface area contributed by atoms with Gasteiger partial charge in [-0.15, -0.1) is 0 Å². The molecule has 3 heteroatoms. The maximum Gasteiger partial charge on any atom is 0.0481 e. The van der Waals surface area contributed by atoms with Gasteiger partial charge in [0.1, 0.15) is 0 Å². The van der Waals surface area contributed by atoms with Gasteiger partial charge in [0.15, 0.2) is 0 Å². The average molecular weight is 239 g/mol. The molecule has 0 amide bonds. The lowest BCUT2D eigenvalue weighted by molar-refractivity contribution is 0.191. The van der Waals surface area contributed by atoms with Gasteiger partial charge >= 0.3 is 0 Å². The van der Waals surface area contributed by atoms with Crippen LogP contribution in [0.5, 0.6) is 0 Å². The Labute approximate surface area is 103 Å². The first-order valence-corrected chi connectivity index (χ1v) is 6.99. The molecule has 2 nitrogen and oxygen atoms in total. The van der Waals surface area contributed by atoms with E-state index in [0.29, 0.717) is 6.04 Å². The van der Waals surface area contributed by atoms with Crippen molar-refractivity contribution in [2.24, 2.45) is 0 Å². The van der Waals surface area contributed by atoms with Crippen molar-refractivity contribution in [1.29, 1.82) is 0 Å². The molecule has 0 aliphatic heterocycles. The summed E-state index contributed by atoms with van der Waals surface area (Å²) in [5.74, 6) is 1.08. The van der Waals surface area contributed by atoms with Crippen molar-refractivity contribution in [3.05, 3.63) is 29.8 Å². The van der Waals surface area contributed by atoms with Crippen LogP contribution >= 0.6 is 11.8 Å². The van der Waals surface area contributed by atoms with E-state index in [2.05, 4.69) is 42.8 Å². The summed E-state index contributed by atoms with van der Waals surface area (Å²) in [7, 11) is 1.74. The van der Waals surface area contributed by atoms with E-state index in [4.69, 9.17) is 4.74 Å². The van der Waals surface area contributed by atoms with Gasteiger partial charge in [-0.2, -0.15) is 11.8 Å². The molecule has 0 heterocycles. The van der Waals surface area contributed by atoms with Gasteiger partial charge in [-0.25, -0.2) is 0 Å². The fourth-order valence-corrected chi connectivity index (χ4v) is 2.04. The van der Waals surface area contributed by atoms with Crippen LogP contribution in [0.3, 0.4) is 0 Å². The van der Waals surface area contributed by atoms with Crippen molar-refractivity contribution < 1.29 is 4.74 Å². The van der Waals surface area contributed by atoms with Crippen LogP contribution in [0.25, 0.3) is 0 Å². The summed E-state index contributed by atoms with van der Waals surface area (Å²) in [5.41, 5.74) is 2.57. The third-order valence-electron chi connectivity index (χ3n) is 2.43. The number of methoxy groups -OCH3 is 1. The zero-order chi connectivity index (χ0) is 11.8. The van der Waals surface area contributed by atoms with Crippen molar-refractivity contribution in [3.8, 4) is 0 Å². The summed E-state index contributed by atoms with van der Waals surface area (Å²) in [4.78, 5) is 0. The number of hydrogen-bond acceptors (Lipinski definition) is 3. The Balaban J connectivity index is 2.41. The zero-order valence-corrected chi connectivity index (χ0v) is 11.1.